The molecule has 2 N–H and O–H groups in total. The second-order valence-corrected chi connectivity index (χ2v) is 7.15. The fourth-order valence-corrected chi connectivity index (χ4v) is 2.23. The van der Waals surface area contributed by atoms with Crippen LogP contribution in [0.2, 0.25) is 0 Å². The average molecular weight is 349 g/mol. The Morgan fingerprint density at radius 2 is 2.00 bits per heavy atom. The zero-order chi connectivity index (χ0) is 19.0. The van der Waals surface area contributed by atoms with Gasteiger partial charge in [0.2, 0.25) is 5.91 Å². The quantitative estimate of drug-likeness (QED) is 0.660. The number of hydrogen-bond donors (Lipinski definition) is 2. The fraction of sp³-hybridized carbons (Fsp3) is 0.611. The molecule has 1 aromatic heterocycles. The van der Waals surface area contributed by atoms with Gasteiger partial charge in [-0.3, -0.25) is 14.7 Å². The largest absolute Gasteiger partial charge is 0.387 e. The Balaban J connectivity index is 2.62. The number of aryl methyl sites for hydroxylation is 1. The van der Waals surface area contributed by atoms with Crippen LogP contribution in [-0.2, 0) is 9.59 Å². The molecule has 0 spiro atoms. The first-order chi connectivity index (χ1) is 11.7. The number of anilines is 2. The SMILES string of the molecule is CNc1cc(NC(=O)CN(CC=O)CCN(C)C(C)(C)C)cnc1C. The van der Waals surface area contributed by atoms with Crippen molar-refractivity contribution in [3.05, 3.63) is 18.0 Å². The van der Waals surface area contributed by atoms with Crippen molar-refractivity contribution in [2.45, 2.75) is 33.2 Å². The van der Waals surface area contributed by atoms with Crippen LogP contribution >= 0.6 is 0 Å². The summed E-state index contributed by atoms with van der Waals surface area (Å²) in [5.74, 6) is -0.159. The third kappa shape index (κ3) is 7.19. The smallest absolute Gasteiger partial charge is 0.238 e. The molecule has 0 bridgehead atoms. The molecule has 0 fully saturated rings. The minimum Gasteiger partial charge on any atom is -0.387 e. The van der Waals surface area contributed by atoms with E-state index in [1.165, 1.54) is 0 Å². The van der Waals surface area contributed by atoms with E-state index in [-0.39, 0.29) is 24.5 Å². The second kappa shape index (κ2) is 9.48. The number of likely N-dealkylation sites (N-methyl/N-ethyl adjacent to an activating group) is 1. The van der Waals surface area contributed by atoms with E-state index in [2.05, 4.69) is 41.3 Å². The van der Waals surface area contributed by atoms with Crippen molar-refractivity contribution < 1.29 is 9.59 Å². The van der Waals surface area contributed by atoms with Crippen LogP contribution in [0.25, 0.3) is 0 Å². The van der Waals surface area contributed by atoms with Gasteiger partial charge in [0.1, 0.15) is 6.29 Å². The first-order valence-electron chi connectivity index (χ1n) is 8.49. The van der Waals surface area contributed by atoms with Gasteiger partial charge in [0, 0.05) is 25.7 Å². The highest BCUT2D eigenvalue weighted by atomic mass is 16.2. The van der Waals surface area contributed by atoms with Gasteiger partial charge in [-0.2, -0.15) is 0 Å². The van der Waals surface area contributed by atoms with Gasteiger partial charge in [-0.25, -0.2) is 0 Å². The van der Waals surface area contributed by atoms with Gasteiger partial charge in [-0.15, -0.1) is 0 Å². The molecule has 7 heteroatoms. The van der Waals surface area contributed by atoms with Crippen LogP contribution < -0.4 is 10.6 Å². The number of carbonyl (C=O) groups is 2. The van der Waals surface area contributed by atoms with E-state index >= 15 is 0 Å². The van der Waals surface area contributed by atoms with Crippen molar-refractivity contribution in [1.29, 1.82) is 0 Å². The Kier molecular flexibility index (Phi) is 7.99. The van der Waals surface area contributed by atoms with Crippen molar-refractivity contribution in [1.82, 2.24) is 14.8 Å². The Morgan fingerprint density at radius 3 is 2.56 bits per heavy atom. The molecule has 7 nitrogen and oxygen atoms in total. The summed E-state index contributed by atoms with van der Waals surface area (Å²) in [5.41, 5.74) is 2.42. The number of pyridine rings is 1. The molecule has 0 aliphatic rings. The highest BCUT2D eigenvalue weighted by molar-refractivity contribution is 5.92. The van der Waals surface area contributed by atoms with E-state index in [9.17, 15) is 9.59 Å². The third-order valence-corrected chi connectivity index (χ3v) is 4.24. The second-order valence-electron chi connectivity index (χ2n) is 7.15. The van der Waals surface area contributed by atoms with E-state index in [1.807, 2.05) is 32.0 Å². The number of amides is 1. The Bertz CT molecular complexity index is 583. The van der Waals surface area contributed by atoms with Crippen LogP contribution in [0.5, 0.6) is 0 Å². The number of nitrogens with zero attached hydrogens (tertiary/aromatic N) is 3. The molecule has 0 radical (unpaired) electrons. The highest BCUT2D eigenvalue weighted by Crippen LogP contribution is 2.17. The van der Waals surface area contributed by atoms with Gasteiger partial charge >= 0.3 is 0 Å². The molecule has 0 aromatic carbocycles. The zero-order valence-corrected chi connectivity index (χ0v) is 16.2. The van der Waals surface area contributed by atoms with E-state index in [0.717, 1.165) is 24.2 Å². The average Bonchev–Trinajstić information content (AvgIpc) is 2.53. The summed E-state index contributed by atoms with van der Waals surface area (Å²) >= 11 is 0. The number of rotatable bonds is 9. The topological polar surface area (TPSA) is 77.6 Å². The zero-order valence-electron chi connectivity index (χ0n) is 16.2. The van der Waals surface area contributed by atoms with Gasteiger partial charge in [0.05, 0.1) is 36.4 Å². The van der Waals surface area contributed by atoms with Crippen LogP contribution in [0.3, 0.4) is 0 Å². The van der Waals surface area contributed by atoms with Gasteiger partial charge in [0.25, 0.3) is 0 Å². The van der Waals surface area contributed by atoms with Crippen LogP contribution in [0.15, 0.2) is 12.3 Å². The van der Waals surface area contributed by atoms with Crippen LogP contribution in [0, 0.1) is 6.92 Å². The van der Waals surface area contributed by atoms with Crippen molar-refractivity contribution in [2.24, 2.45) is 0 Å². The fourth-order valence-electron chi connectivity index (χ4n) is 2.23. The lowest BCUT2D eigenvalue weighted by Gasteiger charge is -2.33. The van der Waals surface area contributed by atoms with E-state index in [4.69, 9.17) is 0 Å². The molecule has 1 aromatic rings. The standard InChI is InChI=1S/C18H31N5O2/c1-14-16(19-5)11-15(12-20-14)21-17(25)13-23(9-10-24)8-7-22(6)18(2,3)4/h10-12,19H,7-9,13H2,1-6H3,(H,21,25). The maximum absolute atomic E-state index is 12.3. The summed E-state index contributed by atoms with van der Waals surface area (Å²) in [6.07, 6.45) is 2.46. The molecule has 1 amide bonds. The molecule has 0 atom stereocenters. The summed E-state index contributed by atoms with van der Waals surface area (Å²) < 4.78 is 0. The molecule has 0 saturated heterocycles. The molecule has 25 heavy (non-hydrogen) atoms. The monoisotopic (exact) mass is 349 g/mol. The summed E-state index contributed by atoms with van der Waals surface area (Å²) in [4.78, 5) is 31.5. The number of hydrogen-bond acceptors (Lipinski definition) is 6. The van der Waals surface area contributed by atoms with Crippen molar-refractivity contribution in [3.63, 3.8) is 0 Å². The molecule has 0 unspecified atom stereocenters. The Labute approximate surface area is 150 Å². The third-order valence-electron chi connectivity index (χ3n) is 4.24. The maximum Gasteiger partial charge on any atom is 0.238 e. The number of aldehydes is 1. The lowest BCUT2D eigenvalue weighted by atomic mass is 10.1. The van der Waals surface area contributed by atoms with E-state index in [1.54, 1.807) is 6.20 Å². The van der Waals surface area contributed by atoms with Gasteiger partial charge < -0.3 is 20.3 Å². The lowest BCUT2D eigenvalue weighted by Crippen LogP contribution is -2.44. The molecule has 0 aliphatic heterocycles. The molecular weight excluding hydrogens is 318 g/mol. The highest BCUT2D eigenvalue weighted by Gasteiger charge is 2.18. The van der Waals surface area contributed by atoms with E-state index in [0.29, 0.717) is 12.2 Å². The van der Waals surface area contributed by atoms with Crippen molar-refractivity contribution in [2.75, 3.05) is 50.9 Å². The first kappa shape index (κ1) is 21.1. The predicted molar refractivity (Wildman–Crippen MR) is 102 cm³/mol. The van der Waals surface area contributed by atoms with Gasteiger partial charge in [-0.05, 0) is 40.8 Å². The first-order valence-corrected chi connectivity index (χ1v) is 8.49. The minimum absolute atomic E-state index is 0.0478. The van der Waals surface area contributed by atoms with E-state index < -0.39 is 0 Å². The normalized spacial score (nSPS) is 11.7. The summed E-state index contributed by atoms with van der Waals surface area (Å²) in [6, 6.07) is 1.84. The Morgan fingerprint density at radius 1 is 1.32 bits per heavy atom. The predicted octanol–water partition coefficient (Wildman–Crippen LogP) is 1.60. The molecule has 1 rings (SSSR count). The summed E-state index contributed by atoms with van der Waals surface area (Å²) in [5, 5.41) is 5.88. The van der Waals surface area contributed by atoms with Gasteiger partial charge in [-0.1, -0.05) is 0 Å². The minimum atomic E-state index is -0.159. The number of nitrogens with one attached hydrogen (secondary N) is 2. The van der Waals surface area contributed by atoms with Gasteiger partial charge in [0.15, 0.2) is 0 Å². The molecule has 140 valence electrons. The summed E-state index contributed by atoms with van der Waals surface area (Å²) in [7, 11) is 3.85. The van der Waals surface area contributed by atoms with Crippen molar-refractivity contribution in [3.8, 4) is 0 Å². The lowest BCUT2D eigenvalue weighted by molar-refractivity contribution is -0.118. The maximum atomic E-state index is 12.3. The van der Waals surface area contributed by atoms with Crippen LogP contribution in [-0.4, -0.2) is 72.8 Å². The molecular formula is C18H31N5O2. The molecule has 0 saturated carbocycles. The number of carbonyl (C=O) groups excluding carboxylic acids is 2. The number of aromatic nitrogens is 1. The summed E-state index contributed by atoms with van der Waals surface area (Å²) in [6.45, 7) is 10.1. The molecule has 0 aliphatic carbocycles. The van der Waals surface area contributed by atoms with Crippen molar-refractivity contribution >= 4 is 23.6 Å². The van der Waals surface area contributed by atoms with Crippen LogP contribution in [0.1, 0.15) is 26.5 Å². The van der Waals surface area contributed by atoms with Crippen LogP contribution in [0.4, 0.5) is 11.4 Å². The Hall–Kier alpha value is -1.99. The molecule has 1 heterocycles.